The summed E-state index contributed by atoms with van der Waals surface area (Å²) in [5, 5.41) is 0. The van der Waals surface area contributed by atoms with E-state index in [1.807, 2.05) is 43.3 Å². The Kier molecular flexibility index (Phi) is 9.13. The molecule has 0 N–H and O–H groups in total. The van der Waals surface area contributed by atoms with Gasteiger partial charge in [-0.15, -0.1) is 0 Å². The second-order valence-electron chi connectivity index (χ2n) is 7.68. The number of carbonyl (C=O) groups excluding carboxylic acids is 1. The topological polar surface area (TPSA) is 48.0 Å². The number of hydrogen-bond acceptors (Lipinski definition) is 5. The van der Waals surface area contributed by atoms with Crippen LogP contribution in [0.25, 0.3) is 5.57 Å². The third-order valence-electron chi connectivity index (χ3n) is 5.55. The average Bonchev–Trinajstić information content (AvgIpc) is 2.82. The zero-order valence-corrected chi connectivity index (χ0v) is 18.6. The monoisotopic (exact) mass is 423 g/mol. The van der Waals surface area contributed by atoms with Gasteiger partial charge in [-0.25, -0.2) is 0 Å². The lowest BCUT2D eigenvalue weighted by Crippen LogP contribution is -2.40. The molecule has 1 aliphatic heterocycles. The van der Waals surface area contributed by atoms with Gasteiger partial charge in [0, 0.05) is 13.1 Å². The fraction of sp³-hybridized carbons (Fsp3) is 0.423. The number of hydrogen-bond donors (Lipinski definition) is 0. The highest BCUT2D eigenvalue weighted by Crippen LogP contribution is 2.26. The van der Waals surface area contributed by atoms with Crippen LogP contribution in [0.4, 0.5) is 0 Å². The summed E-state index contributed by atoms with van der Waals surface area (Å²) < 4.78 is 16.5. The molecule has 5 heteroatoms. The molecule has 1 heterocycles. The van der Waals surface area contributed by atoms with E-state index in [4.69, 9.17) is 14.2 Å². The van der Waals surface area contributed by atoms with E-state index >= 15 is 0 Å². The first-order valence-corrected chi connectivity index (χ1v) is 11.1. The molecule has 0 bridgehead atoms. The minimum atomic E-state index is -0.0677. The maximum atomic E-state index is 12.0. The van der Waals surface area contributed by atoms with Crippen molar-refractivity contribution in [2.75, 3.05) is 46.6 Å². The Labute approximate surface area is 185 Å². The first-order valence-electron chi connectivity index (χ1n) is 11.1. The highest BCUT2D eigenvalue weighted by atomic mass is 16.5. The van der Waals surface area contributed by atoms with Crippen molar-refractivity contribution in [3.05, 3.63) is 71.8 Å². The zero-order chi connectivity index (χ0) is 21.9. The van der Waals surface area contributed by atoms with Crippen LogP contribution in [0.5, 0.6) is 5.75 Å². The van der Waals surface area contributed by atoms with Crippen molar-refractivity contribution in [2.45, 2.75) is 19.8 Å². The van der Waals surface area contributed by atoms with Gasteiger partial charge in [0.25, 0.3) is 0 Å². The molecule has 0 aliphatic carbocycles. The first-order chi connectivity index (χ1) is 15.2. The summed E-state index contributed by atoms with van der Waals surface area (Å²) in [7, 11) is 1.68. The van der Waals surface area contributed by atoms with Crippen molar-refractivity contribution >= 4 is 11.5 Å². The molecule has 0 amide bonds. The Morgan fingerprint density at radius 2 is 1.94 bits per heavy atom. The van der Waals surface area contributed by atoms with Crippen molar-refractivity contribution < 1.29 is 19.0 Å². The minimum Gasteiger partial charge on any atom is -0.497 e. The van der Waals surface area contributed by atoms with Gasteiger partial charge >= 0.3 is 5.97 Å². The highest BCUT2D eigenvalue weighted by Gasteiger charge is 2.26. The van der Waals surface area contributed by atoms with E-state index < -0.39 is 0 Å². The molecule has 0 spiro atoms. The van der Waals surface area contributed by atoms with E-state index in [-0.39, 0.29) is 11.9 Å². The van der Waals surface area contributed by atoms with Crippen molar-refractivity contribution in [1.29, 1.82) is 0 Å². The molecule has 0 saturated carbocycles. The van der Waals surface area contributed by atoms with Gasteiger partial charge in [0.15, 0.2) is 0 Å². The Balaban J connectivity index is 1.56. The number of methoxy groups -OCH3 is 1. The smallest absolute Gasteiger partial charge is 0.310 e. The number of ether oxygens (including phenoxy) is 3. The van der Waals surface area contributed by atoms with Crippen molar-refractivity contribution in [3.8, 4) is 5.75 Å². The van der Waals surface area contributed by atoms with Gasteiger partial charge in [-0.1, -0.05) is 48.5 Å². The summed E-state index contributed by atoms with van der Waals surface area (Å²) in [5.41, 5.74) is 3.37. The third kappa shape index (κ3) is 6.94. The van der Waals surface area contributed by atoms with E-state index in [0.29, 0.717) is 19.8 Å². The fourth-order valence-electron chi connectivity index (χ4n) is 3.94. The largest absolute Gasteiger partial charge is 0.497 e. The van der Waals surface area contributed by atoms with Crippen LogP contribution in [-0.2, 0) is 14.3 Å². The summed E-state index contributed by atoms with van der Waals surface area (Å²) in [6.07, 6.45) is 4.07. The van der Waals surface area contributed by atoms with Crippen LogP contribution in [0.3, 0.4) is 0 Å². The van der Waals surface area contributed by atoms with Gasteiger partial charge in [0.05, 0.1) is 32.8 Å². The maximum Gasteiger partial charge on any atom is 0.310 e. The number of benzene rings is 2. The van der Waals surface area contributed by atoms with E-state index in [0.717, 1.165) is 54.9 Å². The SMILES string of the molecule is CCOC(=O)[C@@H]1CCCN(CCOC/C=C(/c2ccccc2)c2cccc(OC)c2)C1. The van der Waals surface area contributed by atoms with Crippen LogP contribution in [0.2, 0.25) is 0 Å². The second-order valence-corrected chi connectivity index (χ2v) is 7.68. The number of esters is 1. The first kappa shape index (κ1) is 23.0. The van der Waals surface area contributed by atoms with E-state index in [2.05, 4.69) is 29.2 Å². The molecular weight excluding hydrogens is 390 g/mol. The summed E-state index contributed by atoms with van der Waals surface area (Å²) in [6.45, 7) is 6.05. The Hall–Kier alpha value is -2.63. The highest BCUT2D eigenvalue weighted by molar-refractivity contribution is 5.80. The van der Waals surface area contributed by atoms with Gasteiger partial charge in [-0.2, -0.15) is 0 Å². The van der Waals surface area contributed by atoms with Crippen LogP contribution in [0.15, 0.2) is 60.7 Å². The summed E-state index contributed by atoms with van der Waals surface area (Å²) >= 11 is 0. The van der Waals surface area contributed by atoms with Crippen LogP contribution in [0, 0.1) is 5.92 Å². The zero-order valence-electron chi connectivity index (χ0n) is 18.6. The summed E-state index contributed by atoms with van der Waals surface area (Å²) in [6, 6.07) is 18.4. The molecule has 0 aromatic heterocycles. The Morgan fingerprint density at radius 3 is 2.71 bits per heavy atom. The molecule has 1 saturated heterocycles. The number of nitrogens with zero attached hydrogens (tertiary/aromatic N) is 1. The molecule has 166 valence electrons. The van der Waals surface area contributed by atoms with Gasteiger partial charge in [-0.05, 0) is 55.1 Å². The summed E-state index contributed by atoms with van der Waals surface area (Å²) in [4.78, 5) is 14.3. The van der Waals surface area contributed by atoms with Crippen molar-refractivity contribution in [1.82, 2.24) is 4.90 Å². The molecule has 1 aliphatic rings. The Morgan fingerprint density at radius 1 is 1.13 bits per heavy atom. The predicted octanol–water partition coefficient (Wildman–Crippen LogP) is 4.42. The Bertz CT molecular complexity index is 849. The predicted molar refractivity (Wildman–Crippen MR) is 123 cm³/mol. The molecule has 1 fully saturated rings. The average molecular weight is 424 g/mol. The molecule has 0 unspecified atom stereocenters. The molecular formula is C26H33NO4. The fourth-order valence-corrected chi connectivity index (χ4v) is 3.94. The van der Waals surface area contributed by atoms with Crippen LogP contribution >= 0.6 is 0 Å². The second kappa shape index (κ2) is 12.3. The van der Waals surface area contributed by atoms with Gasteiger partial charge in [-0.3, -0.25) is 4.79 Å². The molecule has 5 nitrogen and oxygen atoms in total. The molecule has 31 heavy (non-hydrogen) atoms. The number of carbonyl (C=O) groups is 1. The van der Waals surface area contributed by atoms with Crippen LogP contribution < -0.4 is 4.74 Å². The molecule has 0 radical (unpaired) electrons. The van der Waals surface area contributed by atoms with Gasteiger partial charge < -0.3 is 19.1 Å². The lowest BCUT2D eigenvalue weighted by Gasteiger charge is -2.31. The van der Waals surface area contributed by atoms with E-state index in [9.17, 15) is 4.79 Å². The molecule has 1 atom stereocenters. The normalized spacial score (nSPS) is 17.4. The van der Waals surface area contributed by atoms with Crippen LogP contribution in [-0.4, -0.2) is 57.4 Å². The number of rotatable bonds is 10. The lowest BCUT2D eigenvalue weighted by molar-refractivity contribution is -0.150. The lowest BCUT2D eigenvalue weighted by atomic mass is 9.97. The maximum absolute atomic E-state index is 12.0. The van der Waals surface area contributed by atoms with Gasteiger partial charge in [0.2, 0.25) is 0 Å². The summed E-state index contributed by atoms with van der Waals surface area (Å²) in [5.74, 6) is 0.759. The number of likely N-dealkylation sites (tertiary alicyclic amines) is 1. The molecule has 2 aromatic rings. The third-order valence-corrected chi connectivity index (χ3v) is 5.55. The molecule has 2 aromatic carbocycles. The van der Waals surface area contributed by atoms with Gasteiger partial charge in [0.1, 0.15) is 5.75 Å². The standard InChI is InChI=1S/C26H33NO4/c1-3-31-26(28)23-12-8-15-27(20-23)16-18-30-17-14-25(21-9-5-4-6-10-21)22-11-7-13-24(19-22)29-2/h4-7,9-11,13-14,19,23H,3,8,12,15-18,20H2,1-2H3/b25-14-/t23-/m1/s1. The molecule has 3 rings (SSSR count). The van der Waals surface area contributed by atoms with E-state index in [1.54, 1.807) is 7.11 Å². The van der Waals surface area contributed by atoms with Crippen LogP contribution in [0.1, 0.15) is 30.9 Å². The minimum absolute atomic E-state index is 0.00802. The van der Waals surface area contributed by atoms with Crippen molar-refractivity contribution in [3.63, 3.8) is 0 Å². The van der Waals surface area contributed by atoms with Crippen molar-refractivity contribution in [2.24, 2.45) is 5.92 Å². The van der Waals surface area contributed by atoms with E-state index in [1.165, 1.54) is 0 Å². The number of piperidine rings is 1. The quantitative estimate of drug-likeness (QED) is 0.418.